The van der Waals surface area contributed by atoms with Gasteiger partial charge in [-0.15, -0.1) is 0 Å². The highest BCUT2D eigenvalue weighted by Gasteiger charge is 2.17. The molecule has 0 saturated heterocycles. The van der Waals surface area contributed by atoms with Crippen LogP contribution in [0.2, 0.25) is 0 Å². The van der Waals surface area contributed by atoms with Crippen LogP contribution in [0.4, 0.5) is 5.69 Å². The fraction of sp³-hybridized carbons (Fsp3) is 0.375. The number of carbonyl (C=O) groups is 1. The Bertz CT molecular complexity index is 658. The molecule has 118 valence electrons. The third-order valence-electron chi connectivity index (χ3n) is 3.18. The maximum absolute atomic E-state index is 12.1. The Labute approximate surface area is 129 Å². The van der Waals surface area contributed by atoms with Crippen molar-refractivity contribution in [2.45, 2.75) is 6.92 Å². The van der Waals surface area contributed by atoms with E-state index in [0.29, 0.717) is 42.3 Å². The summed E-state index contributed by atoms with van der Waals surface area (Å²) in [6.07, 6.45) is 1.51. The van der Waals surface area contributed by atoms with E-state index in [1.165, 1.54) is 6.20 Å². The van der Waals surface area contributed by atoms with Gasteiger partial charge in [0, 0.05) is 25.2 Å². The second-order valence-electron chi connectivity index (χ2n) is 4.54. The highest BCUT2D eigenvalue weighted by atomic mass is 16.5. The lowest BCUT2D eigenvalue weighted by molar-refractivity contribution is 0.0527. The number of para-hydroxylation sites is 1. The highest BCUT2D eigenvalue weighted by Crippen LogP contribution is 2.31. The minimum Gasteiger partial charge on any atom is -0.494 e. The molecule has 2 aromatic rings. The van der Waals surface area contributed by atoms with Gasteiger partial charge in [-0.25, -0.2) is 4.79 Å². The summed E-state index contributed by atoms with van der Waals surface area (Å²) in [6.45, 7) is 3.18. The average Bonchev–Trinajstić information content (AvgIpc) is 2.54. The summed E-state index contributed by atoms with van der Waals surface area (Å²) in [7, 11) is 3.22. The van der Waals surface area contributed by atoms with Gasteiger partial charge in [0.1, 0.15) is 16.8 Å². The lowest BCUT2D eigenvalue weighted by Gasteiger charge is -2.15. The van der Waals surface area contributed by atoms with E-state index in [1.807, 2.05) is 18.2 Å². The van der Waals surface area contributed by atoms with Crippen molar-refractivity contribution in [1.29, 1.82) is 0 Å². The predicted octanol–water partition coefficient (Wildman–Crippen LogP) is 2.48. The van der Waals surface area contributed by atoms with E-state index in [9.17, 15) is 4.79 Å². The number of esters is 1. The number of methoxy groups -OCH3 is 2. The van der Waals surface area contributed by atoms with Crippen LogP contribution in [0.1, 0.15) is 17.3 Å². The molecule has 0 aliphatic carbocycles. The maximum atomic E-state index is 12.1. The van der Waals surface area contributed by atoms with Crippen molar-refractivity contribution < 1.29 is 19.0 Å². The summed E-state index contributed by atoms with van der Waals surface area (Å²) in [5, 5.41) is 4.03. The van der Waals surface area contributed by atoms with Crippen molar-refractivity contribution in [3.63, 3.8) is 0 Å². The molecule has 0 amide bonds. The third-order valence-corrected chi connectivity index (χ3v) is 3.18. The van der Waals surface area contributed by atoms with E-state index in [1.54, 1.807) is 21.1 Å². The van der Waals surface area contributed by atoms with Crippen LogP contribution in [-0.2, 0) is 9.47 Å². The molecule has 0 atom stereocenters. The second-order valence-corrected chi connectivity index (χ2v) is 4.54. The van der Waals surface area contributed by atoms with Gasteiger partial charge >= 0.3 is 5.97 Å². The monoisotopic (exact) mass is 304 g/mol. The quantitative estimate of drug-likeness (QED) is 0.626. The molecule has 6 nitrogen and oxygen atoms in total. The van der Waals surface area contributed by atoms with Crippen molar-refractivity contribution in [3.05, 3.63) is 30.0 Å². The Kier molecular flexibility index (Phi) is 5.55. The van der Waals surface area contributed by atoms with Crippen LogP contribution in [0.5, 0.6) is 5.75 Å². The fourth-order valence-corrected chi connectivity index (χ4v) is 2.19. The zero-order chi connectivity index (χ0) is 15.9. The smallest absolute Gasteiger partial charge is 0.341 e. The van der Waals surface area contributed by atoms with Gasteiger partial charge in [-0.05, 0) is 13.0 Å². The van der Waals surface area contributed by atoms with Crippen molar-refractivity contribution in [3.8, 4) is 5.75 Å². The van der Waals surface area contributed by atoms with E-state index in [2.05, 4.69) is 10.3 Å². The summed E-state index contributed by atoms with van der Waals surface area (Å²) >= 11 is 0. The first kappa shape index (κ1) is 16.0. The highest BCUT2D eigenvalue weighted by molar-refractivity contribution is 6.06. The minimum absolute atomic E-state index is 0.312. The number of pyridine rings is 1. The van der Waals surface area contributed by atoms with Crippen molar-refractivity contribution in [2.75, 3.05) is 39.3 Å². The number of hydrogen-bond acceptors (Lipinski definition) is 6. The van der Waals surface area contributed by atoms with Crippen LogP contribution in [0.25, 0.3) is 10.9 Å². The molecule has 0 bridgehead atoms. The first-order valence-corrected chi connectivity index (χ1v) is 7.08. The standard InChI is InChI=1S/C16H20N2O4/c1-4-22-16(19)12-10-18-15-11(6-5-7-13(15)21-3)14(12)17-8-9-20-2/h5-7,10H,4,8-9H2,1-3H3,(H,17,18). The van der Waals surface area contributed by atoms with Gasteiger partial charge in [-0.3, -0.25) is 4.98 Å². The molecule has 0 spiro atoms. The van der Waals surface area contributed by atoms with E-state index < -0.39 is 5.97 Å². The Morgan fingerprint density at radius 3 is 2.82 bits per heavy atom. The number of nitrogens with zero attached hydrogens (tertiary/aromatic N) is 1. The zero-order valence-electron chi connectivity index (χ0n) is 13.0. The molecule has 6 heteroatoms. The number of hydrogen-bond donors (Lipinski definition) is 1. The van der Waals surface area contributed by atoms with Crippen LogP contribution in [-0.4, -0.2) is 44.9 Å². The summed E-state index contributed by atoms with van der Waals surface area (Å²) in [6, 6.07) is 5.58. The second kappa shape index (κ2) is 7.61. The van der Waals surface area contributed by atoms with Crippen molar-refractivity contribution in [2.24, 2.45) is 0 Å². The van der Waals surface area contributed by atoms with Gasteiger partial charge in [0.2, 0.25) is 0 Å². The summed E-state index contributed by atoms with van der Waals surface area (Å²) in [5.74, 6) is 0.252. The van der Waals surface area contributed by atoms with Crippen LogP contribution in [0.15, 0.2) is 24.4 Å². The average molecular weight is 304 g/mol. The predicted molar refractivity (Wildman–Crippen MR) is 84.6 cm³/mol. The van der Waals surface area contributed by atoms with Gasteiger partial charge in [-0.2, -0.15) is 0 Å². The van der Waals surface area contributed by atoms with Gasteiger partial charge < -0.3 is 19.5 Å². The molecule has 0 saturated carbocycles. The van der Waals surface area contributed by atoms with E-state index >= 15 is 0 Å². The van der Waals surface area contributed by atoms with Crippen LogP contribution in [0.3, 0.4) is 0 Å². The lowest BCUT2D eigenvalue weighted by atomic mass is 10.1. The normalized spacial score (nSPS) is 10.5. The number of fused-ring (bicyclic) bond motifs is 1. The molecular weight excluding hydrogens is 284 g/mol. The number of aromatic nitrogens is 1. The minimum atomic E-state index is -0.403. The maximum Gasteiger partial charge on any atom is 0.341 e. The zero-order valence-corrected chi connectivity index (χ0v) is 13.0. The Balaban J connectivity index is 2.54. The Hall–Kier alpha value is -2.34. The Morgan fingerprint density at radius 2 is 2.14 bits per heavy atom. The number of nitrogens with one attached hydrogen (secondary N) is 1. The molecular formula is C16H20N2O4. The summed E-state index contributed by atoms with van der Waals surface area (Å²) in [4.78, 5) is 16.5. The van der Waals surface area contributed by atoms with Gasteiger partial charge in [0.05, 0.1) is 26.0 Å². The lowest BCUT2D eigenvalue weighted by Crippen LogP contribution is -2.14. The van der Waals surface area contributed by atoms with Crippen molar-refractivity contribution >= 4 is 22.6 Å². The molecule has 1 aromatic heterocycles. The number of benzene rings is 1. The molecule has 2 rings (SSSR count). The molecule has 1 heterocycles. The third kappa shape index (κ3) is 3.28. The van der Waals surface area contributed by atoms with E-state index in [4.69, 9.17) is 14.2 Å². The number of carbonyl (C=O) groups excluding carboxylic acids is 1. The molecule has 0 fully saturated rings. The Morgan fingerprint density at radius 1 is 1.32 bits per heavy atom. The van der Waals surface area contributed by atoms with E-state index in [0.717, 1.165) is 5.39 Å². The molecule has 1 aromatic carbocycles. The summed E-state index contributed by atoms with van der Waals surface area (Å²) in [5.41, 5.74) is 1.77. The molecule has 0 unspecified atom stereocenters. The topological polar surface area (TPSA) is 69.7 Å². The first-order chi connectivity index (χ1) is 10.7. The molecule has 1 N–H and O–H groups in total. The largest absolute Gasteiger partial charge is 0.494 e. The van der Waals surface area contributed by atoms with Crippen LogP contribution >= 0.6 is 0 Å². The fourth-order valence-electron chi connectivity index (χ4n) is 2.19. The number of anilines is 1. The molecule has 0 aliphatic rings. The molecule has 22 heavy (non-hydrogen) atoms. The number of rotatable bonds is 7. The van der Waals surface area contributed by atoms with Crippen molar-refractivity contribution in [1.82, 2.24) is 4.98 Å². The van der Waals surface area contributed by atoms with Crippen LogP contribution < -0.4 is 10.1 Å². The number of ether oxygens (including phenoxy) is 3. The van der Waals surface area contributed by atoms with Gasteiger partial charge in [0.15, 0.2) is 0 Å². The van der Waals surface area contributed by atoms with Gasteiger partial charge in [-0.1, -0.05) is 12.1 Å². The SMILES string of the molecule is CCOC(=O)c1cnc2c(OC)cccc2c1NCCOC. The molecule has 0 radical (unpaired) electrons. The molecule has 0 aliphatic heterocycles. The van der Waals surface area contributed by atoms with Crippen LogP contribution in [0, 0.1) is 0 Å². The summed E-state index contributed by atoms with van der Waals surface area (Å²) < 4.78 is 15.5. The first-order valence-electron chi connectivity index (χ1n) is 7.08. The van der Waals surface area contributed by atoms with E-state index in [-0.39, 0.29) is 0 Å². The van der Waals surface area contributed by atoms with Gasteiger partial charge in [0.25, 0.3) is 0 Å².